The third kappa shape index (κ3) is 10.5. The molecule has 0 spiro atoms. The average Bonchev–Trinajstić information content (AvgIpc) is 2.91. The first kappa shape index (κ1) is 32.6. The maximum atomic E-state index is 10.3. The quantitative estimate of drug-likeness (QED) is 0.243. The first-order valence-corrected chi connectivity index (χ1v) is 15.1. The van der Waals surface area contributed by atoms with Crippen molar-refractivity contribution in [3.8, 4) is 11.5 Å². The summed E-state index contributed by atoms with van der Waals surface area (Å²) in [6.07, 6.45) is 0.374. The van der Waals surface area contributed by atoms with Crippen LogP contribution in [0.4, 0.5) is 0 Å². The van der Waals surface area contributed by atoms with Crippen LogP contribution in [0, 0.1) is 6.92 Å². The maximum Gasteiger partial charge on any atom is 0.122 e. The highest BCUT2D eigenvalue weighted by Gasteiger charge is 2.24. The second-order valence-electron chi connectivity index (χ2n) is 8.90. The molecular formula is C30H48ClNO3S. The van der Waals surface area contributed by atoms with Gasteiger partial charge in [-0.2, -0.15) is 11.8 Å². The van der Waals surface area contributed by atoms with E-state index < -0.39 is 6.10 Å². The highest BCUT2D eigenvalue weighted by atomic mass is 35.5. The van der Waals surface area contributed by atoms with Gasteiger partial charge in [-0.25, -0.2) is 0 Å². The lowest BCUT2D eigenvalue weighted by molar-refractivity contribution is 0.0715. The molecule has 1 unspecified atom stereocenters. The molecule has 4 nitrogen and oxygen atoms in total. The van der Waals surface area contributed by atoms with Gasteiger partial charge in [-0.05, 0) is 48.2 Å². The van der Waals surface area contributed by atoms with Crippen molar-refractivity contribution < 1.29 is 14.6 Å². The van der Waals surface area contributed by atoms with Crippen LogP contribution in [0.25, 0.3) is 0 Å². The summed E-state index contributed by atoms with van der Waals surface area (Å²) in [5.74, 6) is 4.61. The number of hydrogen-bond acceptors (Lipinski definition) is 5. The Hall–Kier alpha value is -1.40. The predicted octanol–water partition coefficient (Wildman–Crippen LogP) is 7.17. The van der Waals surface area contributed by atoms with Crippen molar-refractivity contribution in [3.05, 3.63) is 59.2 Å². The van der Waals surface area contributed by atoms with E-state index in [1.807, 2.05) is 51.6 Å². The van der Waals surface area contributed by atoms with Gasteiger partial charge >= 0.3 is 0 Å². The summed E-state index contributed by atoms with van der Waals surface area (Å²) in [4.78, 5) is 2.31. The van der Waals surface area contributed by atoms with Gasteiger partial charge < -0.3 is 14.6 Å². The molecule has 1 aliphatic rings. The number of hydrogen-bond donors (Lipinski definition) is 1. The van der Waals surface area contributed by atoms with Gasteiger partial charge in [0.2, 0.25) is 0 Å². The van der Waals surface area contributed by atoms with Crippen molar-refractivity contribution in [2.45, 2.75) is 66.4 Å². The number of rotatable bonds is 11. The fourth-order valence-corrected chi connectivity index (χ4v) is 4.99. The van der Waals surface area contributed by atoms with Crippen molar-refractivity contribution >= 4 is 23.4 Å². The van der Waals surface area contributed by atoms with Gasteiger partial charge in [-0.3, -0.25) is 4.90 Å². The van der Waals surface area contributed by atoms with Gasteiger partial charge in [0.05, 0.1) is 6.61 Å². The predicted molar refractivity (Wildman–Crippen MR) is 159 cm³/mol. The second kappa shape index (κ2) is 18.0. The Morgan fingerprint density at radius 2 is 1.58 bits per heavy atom. The smallest absolute Gasteiger partial charge is 0.122 e. The average molecular weight is 538 g/mol. The minimum Gasteiger partial charge on any atom is -0.493 e. The van der Waals surface area contributed by atoms with E-state index in [0.29, 0.717) is 25.6 Å². The van der Waals surface area contributed by atoms with Crippen molar-refractivity contribution in [1.29, 1.82) is 0 Å². The van der Waals surface area contributed by atoms with E-state index in [0.717, 1.165) is 48.1 Å². The number of aliphatic hydroxyl groups excluding tert-OH is 1. The number of aliphatic hydroxyl groups is 1. The van der Waals surface area contributed by atoms with Crippen LogP contribution in [-0.4, -0.2) is 66.3 Å². The first-order valence-electron chi connectivity index (χ1n) is 13.4. The molecule has 1 N–H and O–H groups in total. The third-order valence-electron chi connectivity index (χ3n) is 6.02. The molecule has 204 valence electrons. The van der Waals surface area contributed by atoms with Gasteiger partial charge in [0.15, 0.2) is 0 Å². The van der Waals surface area contributed by atoms with Crippen molar-refractivity contribution in [3.63, 3.8) is 0 Å². The van der Waals surface area contributed by atoms with Gasteiger partial charge in [0.1, 0.15) is 24.2 Å². The summed E-state index contributed by atoms with van der Waals surface area (Å²) in [6.45, 7) is 18.3. The van der Waals surface area contributed by atoms with Crippen molar-refractivity contribution in [2.24, 2.45) is 0 Å². The molecule has 0 aliphatic carbocycles. The normalized spacial score (nSPS) is 14.6. The fraction of sp³-hybridized carbons (Fsp3) is 0.600. The monoisotopic (exact) mass is 537 g/mol. The van der Waals surface area contributed by atoms with Gasteiger partial charge in [-0.1, -0.05) is 65.8 Å². The van der Waals surface area contributed by atoms with Crippen LogP contribution in [0.1, 0.15) is 64.7 Å². The zero-order valence-electron chi connectivity index (χ0n) is 23.5. The molecule has 0 bridgehead atoms. The Labute approximate surface area is 229 Å². The Morgan fingerprint density at radius 3 is 2.17 bits per heavy atom. The van der Waals surface area contributed by atoms with E-state index in [1.54, 1.807) is 0 Å². The summed E-state index contributed by atoms with van der Waals surface area (Å²) in [7, 11) is 0. The molecule has 36 heavy (non-hydrogen) atoms. The molecule has 0 radical (unpaired) electrons. The molecular weight excluding hydrogens is 490 g/mol. The second-order valence-corrected chi connectivity index (χ2v) is 10.5. The van der Waals surface area contributed by atoms with Crippen LogP contribution in [0.15, 0.2) is 42.5 Å². The number of aryl methyl sites for hydroxylation is 1. The van der Waals surface area contributed by atoms with Gasteiger partial charge in [0, 0.05) is 42.4 Å². The molecule has 0 saturated carbocycles. The van der Waals surface area contributed by atoms with Crippen LogP contribution in [0.5, 0.6) is 11.5 Å². The standard InChI is InChI=1S/C26H36ClNO3S.2C2H6/c1-20-17-22(7-10-25(20)30-14-4-11-27)26(2,3)21-5-8-24(9-6-21)31-19-23(29)18-28-12-15-32-16-13-28;2*1-2/h5-10,17,23,29H,4,11-16,18-19H2,1-3H3;2*1-2H3. The molecule has 0 aromatic heterocycles. The maximum absolute atomic E-state index is 10.3. The minimum absolute atomic E-state index is 0.149. The van der Waals surface area contributed by atoms with Crippen LogP contribution in [-0.2, 0) is 5.41 Å². The summed E-state index contributed by atoms with van der Waals surface area (Å²) in [5.41, 5.74) is 3.44. The number of benzene rings is 2. The van der Waals surface area contributed by atoms with Crippen LogP contribution in [0.2, 0.25) is 0 Å². The van der Waals surface area contributed by atoms with E-state index in [9.17, 15) is 5.11 Å². The molecule has 3 rings (SSSR count). The summed E-state index contributed by atoms with van der Waals surface area (Å²) >= 11 is 7.72. The molecule has 1 atom stereocenters. The van der Waals surface area contributed by atoms with Crippen LogP contribution in [0.3, 0.4) is 0 Å². The zero-order valence-corrected chi connectivity index (χ0v) is 25.1. The number of β-amino-alcohol motifs (C(OH)–C–C–N with tert-alkyl or cyclic N) is 1. The molecule has 0 amide bonds. The Balaban J connectivity index is 0.00000154. The minimum atomic E-state index is -0.470. The van der Waals surface area contributed by atoms with Crippen LogP contribution < -0.4 is 9.47 Å². The van der Waals surface area contributed by atoms with Crippen LogP contribution >= 0.6 is 23.4 Å². The summed E-state index contributed by atoms with van der Waals surface area (Å²) in [6, 6.07) is 14.6. The largest absolute Gasteiger partial charge is 0.493 e. The van der Waals surface area contributed by atoms with Crippen molar-refractivity contribution in [2.75, 3.05) is 50.2 Å². The summed E-state index contributed by atoms with van der Waals surface area (Å²) in [5, 5.41) is 10.3. The highest BCUT2D eigenvalue weighted by Crippen LogP contribution is 2.34. The lowest BCUT2D eigenvalue weighted by atomic mass is 9.77. The Bertz CT molecular complexity index is 839. The fourth-order valence-electron chi connectivity index (χ4n) is 3.90. The topological polar surface area (TPSA) is 41.9 Å². The molecule has 1 aliphatic heterocycles. The number of alkyl halides is 1. The first-order chi connectivity index (χ1) is 17.4. The summed E-state index contributed by atoms with van der Waals surface area (Å²) < 4.78 is 11.7. The Kier molecular flexibility index (Phi) is 16.3. The Morgan fingerprint density at radius 1 is 0.972 bits per heavy atom. The number of ether oxygens (including phenoxy) is 2. The van der Waals surface area contributed by atoms with Gasteiger partial charge in [-0.15, -0.1) is 11.6 Å². The van der Waals surface area contributed by atoms with E-state index >= 15 is 0 Å². The van der Waals surface area contributed by atoms with E-state index in [-0.39, 0.29) is 5.41 Å². The highest BCUT2D eigenvalue weighted by molar-refractivity contribution is 7.99. The molecule has 2 aromatic rings. The van der Waals surface area contributed by atoms with Crippen molar-refractivity contribution in [1.82, 2.24) is 4.90 Å². The zero-order chi connectivity index (χ0) is 27.0. The molecule has 6 heteroatoms. The molecule has 2 aromatic carbocycles. The SMILES string of the molecule is CC.CC.Cc1cc(C(C)(C)c2ccc(OCC(O)CN3CCSCC3)cc2)ccc1OCCCCl. The number of thioether (sulfide) groups is 1. The van der Waals surface area contributed by atoms with E-state index in [1.165, 1.54) is 11.1 Å². The lowest BCUT2D eigenvalue weighted by Crippen LogP contribution is -2.40. The molecule has 1 saturated heterocycles. The molecule has 1 heterocycles. The number of halogens is 1. The lowest BCUT2D eigenvalue weighted by Gasteiger charge is -2.28. The van der Waals surface area contributed by atoms with Gasteiger partial charge in [0.25, 0.3) is 0 Å². The number of nitrogens with zero attached hydrogens (tertiary/aromatic N) is 1. The molecule has 1 fully saturated rings. The third-order valence-corrected chi connectivity index (χ3v) is 7.23. The van der Waals surface area contributed by atoms with E-state index in [4.69, 9.17) is 21.1 Å². The van der Waals surface area contributed by atoms with E-state index in [2.05, 4.69) is 56.0 Å².